The number of rotatable bonds is 15. The fourth-order valence-electron chi connectivity index (χ4n) is 6.43. The maximum atomic E-state index is 13.7. The average molecular weight is 589 g/mol. The van der Waals surface area contributed by atoms with Crippen LogP contribution in [-0.2, 0) is 18.8 Å². The Morgan fingerprint density at radius 3 is 2.21 bits per heavy atom. The van der Waals surface area contributed by atoms with Crippen molar-refractivity contribution in [3.05, 3.63) is 84.5 Å². The summed E-state index contributed by atoms with van der Waals surface area (Å²) in [5.41, 5.74) is 0.821. The second-order valence-electron chi connectivity index (χ2n) is 12.8. The predicted molar refractivity (Wildman–Crippen MR) is 172 cm³/mol. The summed E-state index contributed by atoms with van der Waals surface area (Å²) in [7, 11) is -2.84. The molecular weight excluding hydrogens is 540 g/mol. The van der Waals surface area contributed by atoms with Crippen molar-refractivity contribution in [3.63, 3.8) is 0 Å². The molecule has 1 aliphatic carbocycles. The molecule has 1 aliphatic heterocycles. The van der Waals surface area contributed by atoms with Gasteiger partial charge in [0.25, 0.3) is 8.32 Å². The largest absolute Gasteiger partial charge is 0.481 e. The van der Waals surface area contributed by atoms with Crippen molar-refractivity contribution in [2.45, 2.75) is 109 Å². The summed E-state index contributed by atoms with van der Waals surface area (Å²) in [6.45, 7) is 9.03. The number of unbranched alkanes of at least 4 members (excludes halogenated alkanes) is 3. The molecule has 4 atom stereocenters. The van der Waals surface area contributed by atoms with Crippen LogP contribution in [0.3, 0.4) is 0 Å². The van der Waals surface area contributed by atoms with Crippen molar-refractivity contribution >= 4 is 30.4 Å². The van der Waals surface area contributed by atoms with E-state index in [9.17, 15) is 9.59 Å². The maximum absolute atomic E-state index is 13.7. The summed E-state index contributed by atoms with van der Waals surface area (Å²) in [6.07, 6.45) is 13.3. The number of aliphatic carboxylic acids is 1. The number of allylic oxidation sites excluding steroid dienone is 2. The van der Waals surface area contributed by atoms with Crippen LogP contribution in [0.2, 0.25) is 5.04 Å². The number of carbonyl (C=O) groups excluding carboxylic acids is 1. The Labute approximate surface area is 253 Å². The number of ether oxygens (including phenoxy) is 1. The molecule has 226 valence electrons. The number of carboxylic acid groups (broad SMARTS) is 1. The molecule has 2 fully saturated rings. The Morgan fingerprint density at radius 1 is 1.00 bits per heavy atom. The molecule has 42 heavy (non-hydrogen) atoms. The van der Waals surface area contributed by atoms with E-state index in [2.05, 4.69) is 88.4 Å². The number of ketones is 1. The number of carboxylic acids is 1. The van der Waals surface area contributed by atoms with Crippen LogP contribution in [-0.4, -0.2) is 43.5 Å². The molecule has 1 saturated carbocycles. The van der Waals surface area contributed by atoms with Gasteiger partial charge in [0.05, 0.1) is 12.2 Å². The smallest absolute Gasteiger partial charge is 0.303 e. The van der Waals surface area contributed by atoms with E-state index >= 15 is 0 Å². The van der Waals surface area contributed by atoms with E-state index in [0.29, 0.717) is 19.3 Å². The Balaban J connectivity index is 1.66. The highest BCUT2D eigenvalue weighted by atomic mass is 28.4. The van der Waals surface area contributed by atoms with Gasteiger partial charge in [-0.25, -0.2) is 0 Å². The number of Topliss-reactive ketones (excluding diaryl/α,β-unsaturated/α-hetero) is 1. The van der Waals surface area contributed by atoms with E-state index in [1.165, 1.54) is 29.6 Å². The second-order valence-corrected chi connectivity index (χ2v) is 17.1. The molecule has 0 aromatic heterocycles. The van der Waals surface area contributed by atoms with Crippen LogP contribution in [0, 0.1) is 5.92 Å². The van der Waals surface area contributed by atoms with Crippen LogP contribution < -0.4 is 10.4 Å². The lowest BCUT2D eigenvalue weighted by Crippen LogP contribution is -2.68. The van der Waals surface area contributed by atoms with Gasteiger partial charge in [-0.2, -0.15) is 0 Å². The maximum Gasteiger partial charge on any atom is 0.303 e. The molecule has 5 nitrogen and oxygen atoms in total. The van der Waals surface area contributed by atoms with Gasteiger partial charge in [-0.05, 0) is 59.2 Å². The molecule has 1 N–H and O–H groups in total. The van der Waals surface area contributed by atoms with E-state index in [1.54, 1.807) is 0 Å². The van der Waals surface area contributed by atoms with Gasteiger partial charge in [-0.15, -0.1) is 0 Å². The standard InChI is InChI=1S/C36H48O5Si/c1-5-6-7-8-9-16-22-29-30(25-34-32(40-34)23-17-24-35(38)39)31(37)26-33(29)41-42(36(2,3)4,27-18-12-10-13-19-27)28-20-14-11-15-21-28/h9-16,18-21,25,29,32-34H,5-8,17,22-24,26H2,1-4H3,(H,38,39)/b16-9-,30-25-/t29-,32-,33-,34-/m1/s1. The molecule has 1 saturated heterocycles. The minimum atomic E-state index is -2.84. The second kappa shape index (κ2) is 14.6. The van der Waals surface area contributed by atoms with Crippen LogP contribution in [0.15, 0.2) is 84.5 Å². The molecule has 2 aliphatic rings. The number of carbonyl (C=O) groups is 2. The Kier molecular flexibility index (Phi) is 11.2. The zero-order valence-corrected chi connectivity index (χ0v) is 26.8. The topological polar surface area (TPSA) is 76.1 Å². The predicted octanol–water partition coefficient (Wildman–Crippen LogP) is 7.00. The van der Waals surface area contributed by atoms with Crippen molar-refractivity contribution in [2.24, 2.45) is 5.92 Å². The van der Waals surface area contributed by atoms with Crippen molar-refractivity contribution in [2.75, 3.05) is 0 Å². The van der Waals surface area contributed by atoms with E-state index < -0.39 is 14.3 Å². The fourth-order valence-corrected chi connectivity index (χ4v) is 11.1. The van der Waals surface area contributed by atoms with Crippen LogP contribution in [0.5, 0.6) is 0 Å². The van der Waals surface area contributed by atoms with E-state index in [4.69, 9.17) is 14.3 Å². The quantitative estimate of drug-likeness (QED) is 0.0797. The van der Waals surface area contributed by atoms with Gasteiger partial charge in [-0.3, -0.25) is 9.59 Å². The lowest BCUT2D eigenvalue weighted by atomic mass is 9.95. The van der Waals surface area contributed by atoms with E-state index in [-0.39, 0.29) is 41.5 Å². The van der Waals surface area contributed by atoms with Gasteiger partial charge in [-0.1, -0.05) is 113 Å². The Morgan fingerprint density at radius 2 is 1.64 bits per heavy atom. The van der Waals surface area contributed by atoms with Crippen LogP contribution in [0.1, 0.15) is 85.5 Å². The van der Waals surface area contributed by atoms with Gasteiger partial charge >= 0.3 is 5.97 Å². The molecule has 4 rings (SSSR count). The third-order valence-electron chi connectivity index (χ3n) is 8.68. The van der Waals surface area contributed by atoms with Gasteiger partial charge in [0.1, 0.15) is 6.10 Å². The lowest BCUT2D eigenvalue weighted by molar-refractivity contribution is -0.137. The van der Waals surface area contributed by atoms with Gasteiger partial charge < -0.3 is 14.3 Å². The molecule has 2 aromatic carbocycles. The first-order valence-electron chi connectivity index (χ1n) is 15.7. The zero-order valence-electron chi connectivity index (χ0n) is 25.8. The monoisotopic (exact) mass is 588 g/mol. The summed E-state index contributed by atoms with van der Waals surface area (Å²) in [4.78, 5) is 24.6. The van der Waals surface area contributed by atoms with Crippen LogP contribution >= 0.6 is 0 Å². The molecule has 2 aromatic rings. The van der Waals surface area contributed by atoms with Crippen LogP contribution in [0.4, 0.5) is 0 Å². The molecule has 0 amide bonds. The first-order chi connectivity index (χ1) is 20.2. The van der Waals surface area contributed by atoms with Gasteiger partial charge in [0.2, 0.25) is 0 Å². The molecular formula is C36H48O5Si. The Hall–Kier alpha value is -2.80. The summed E-state index contributed by atoms with van der Waals surface area (Å²) < 4.78 is 13.4. The first-order valence-corrected chi connectivity index (χ1v) is 17.6. The van der Waals surface area contributed by atoms with Crippen molar-refractivity contribution in [3.8, 4) is 0 Å². The molecule has 0 spiro atoms. The highest BCUT2D eigenvalue weighted by Crippen LogP contribution is 2.43. The first kappa shape index (κ1) is 32.1. The van der Waals surface area contributed by atoms with Crippen LogP contribution in [0.25, 0.3) is 0 Å². The van der Waals surface area contributed by atoms with Crippen molar-refractivity contribution in [1.29, 1.82) is 0 Å². The molecule has 0 radical (unpaired) electrons. The Bertz CT molecular complexity index is 1190. The van der Waals surface area contributed by atoms with Crippen molar-refractivity contribution in [1.82, 2.24) is 0 Å². The van der Waals surface area contributed by atoms with E-state index in [0.717, 1.165) is 18.4 Å². The van der Waals surface area contributed by atoms with Gasteiger partial charge in [0.15, 0.2) is 5.78 Å². The summed E-state index contributed by atoms with van der Waals surface area (Å²) in [5, 5.41) is 11.2. The fraction of sp³-hybridized carbons (Fsp3) is 0.500. The minimum Gasteiger partial charge on any atom is -0.481 e. The third kappa shape index (κ3) is 7.77. The highest BCUT2D eigenvalue weighted by Gasteiger charge is 2.54. The number of hydrogen-bond acceptors (Lipinski definition) is 4. The van der Waals surface area contributed by atoms with Crippen molar-refractivity contribution < 1.29 is 23.9 Å². The lowest BCUT2D eigenvalue weighted by Gasteiger charge is -2.45. The number of epoxide rings is 1. The number of hydrogen-bond donors (Lipinski definition) is 1. The molecule has 1 heterocycles. The number of benzene rings is 2. The summed E-state index contributed by atoms with van der Waals surface area (Å²) >= 11 is 0. The normalized spacial score (nSPS) is 23.6. The summed E-state index contributed by atoms with van der Waals surface area (Å²) in [6, 6.07) is 21.2. The minimum absolute atomic E-state index is 0.00784. The van der Waals surface area contributed by atoms with E-state index in [1.807, 2.05) is 18.2 Å². The average Bonchev–Trinajstić information content (AvgIpc) is 3.64. The third-order valence-corrected chi connectivity index (χ3v) is 13.7. The molecule has 0 bridgehead atoms. The highest BCUT2D eigenvalue weighted by molar-refractivity contribution is 6.99. The molecule has 0 unspecified atom stereocenters. The van der Waals surface area contributed by atoms with Gasteiger partial charge in [0, 0.05) is 18.8 Å². The SMILES string of the molecule is CCCCC/C=C\C[C@@H]1/C(=C/[C@H]2O[C@@H]2CCCC(=O)O)C(=O)C[C@H]1O[Si](c1ccccc1)(c1ccccc1)C(C)(C)C. The molecule has 6 heteroatoms. The zero-order chi connectivity index (χ0) is 30.2. The summed E-state index contributed by atoms with van der Waals surface area (Å²) in [5.74, 6) is -0.696.